The topological polar surface area (TPSA) is 55.2 Å². The molecule has 146 valence electrons. The van der Waals surface area contributed by atoms with Gasteiger partial charge in [-0.1, -0.05) is 23.9 Å². The molecule has 0 unspecified atom stereocenters. The van der Waals surface area contributed by atoms with Crippen molar-refractivity contribution in [3.8, 4) is 0 Å². The van der Waals surface area contributed by atoms with E-state index in [0.29, 0.717) is 23.6 Å². The van der Waals surface area contributed by atoms with Gasteiger partial charge >= 0.3 is 0 Å². The van der Waals surface area contributed by atoms with Gasteiger partial charge in [-0.25, -0.2) is 4.98 Å². The van der Waals surface area contributed by atoms with E-state index in [0.717, 1.165) is 31.6 Å². The van der Waals surface area contributed by atoms with Gasteiger partial charge in [-0.2, -0.15) is 0 Å². The number of benzene rings is 1. The largest absolute Gasteiger partial charge is 0.310 e. The highest BCUT2D eigenvalue weighted by Crippen LogP contribution is 2.35. The standard InChI is InChI=1S/C20H21N3O2S3/c1-4-22-19(25)17-12(2)13(3)28-18(17)21-20(22)27-11-16(24)23-9-10-26-15-8-6-5-7-14(15)23/h5-8H,4,9-11H2,1-3H3. The van der Waals surface area contributed by atoms with Crippen molar-refractivity contribution in [1.29, 1.82) is 0 Å². The van der Waals surface area contributed by atoms with Gasteiger partial charge in [-0.15, -0.1) is 23.1 Å². The van der Waals surface area contributed by atoms with E-state index < -0.39 is 0 Å². The molecule has 28 heavy (non-hydrogen) atoms. The summed E-state index contributed by atoms with van der Waals surface area (Å²) in [6.07, 6.45) is 0. The van der Waals surface area contributed by atoms with Crippen molar-refractivity contribution in [1.82, 2.24) is 9.55 Å². The first-order valence-electron chi connectivity index (χ1n) is 9.16. The molecule has 0 saturated heterocycles. The van der Waals surface area contributed by atoms with Gasteiger partial charge in [-0.3, -0.25) is 14.2 Å². The van der Waals surface area contributed by atoms with Gasteiger partial charge in [0.25, 0.3) is 5.56 Å². The first-order chi connectivity index (χ1) is 13.5. The third kappa shape index (κ3) is 3.38. The Labute approximate surface area is 176 Å². The number of carbonyl (C=O) groups is 1. The van der Waals surface area contributed by atoms with Crippen LogP contribution in [-0.2, 0) is 11.3 Å². The van der Waals surface area contributed by atoms with Crippen LogP contribution in [0.2, 0.25) is 0 Å². The van der Waals surface area contributed by atoms with Crippen LogP contribution in [0.5, 0.6) is 0 Å². The van der Waals surface area contributed by atoms with Crippen LogP contribution in [0.15, 0.2) is 39.1 Å². The second kappa shape index (κ2) is 7.93. The van der Waals surface area contributed by atoms with Crippen molar-refractivity contribution in [2.45, 2.75) is 37.4 Å². The van der Waals surface area contributed by atoms with Gasteiger partial charge < -0.3 is 4.90 Å². The molecule has 1 aliphatic heterocycles. The summed E-state index contributed by atoms with van der Waals surface area (Å²) in [5, 5.41) is 1.33. The summed E-state index contributed by atoms with van der Waals surface area (Å²) in [6, 6.07) is 8.01. The number of aromatic nitrogens is 2. The van der Waals surface area contributed by atoms with E-state index in [9.17, 15) is 9.59 Å². The summed E-state index contributed by atoms with van der Waals surface area (Å²) in [4.78, 5) is 35.5. The monoisotopic (exact) mass is 431 g/mol. The van der Waals surface area contributed by atoms with Gasteiger partial charge in [0.2, 0.25) is 5.91 Å². The SMILES string of the molecule is CCn1c(SCC(=O)N2CCSc3ccccc32)nc2sc(C)c(C)c2c1=O. The molecule has 1 amide bonds. The zero-order valence-electron chi connectivity index (χ0n) is 16.0. The fourth-order valence-electron chi connectivity index (χ4n) is 3.33. The highest BCUT2D eigenvalue weighted by molar-refractivity contribution is 8.00. The highest BCUT2D eigenvalue weighted by Gasteiger charge is 2.23. The predicted octanol–water partition coefficient (Wildman–Crippen LogP) is 4.33. The number of hydrogen-bond acceptors (Lipinski definition) is 6. The van der Waals surface area contributed by atoms with Crippen molar-refractivity contribution in [3.63, 3.8) is 0 Å². The number of para-hydroxylation sites is 1. The van der Waals surface area contributed by atoms with E-state index in [2.05, 4.69) is 6.07 Å². The lowest BCUT2D eigenvalue weighted by Crippen LogP contribution is -2.36. The molecule has 5 nitrogen and oxygen atoms in total. The molecule has 0 fully saturated rings. The van der Waals surface area contributed by atoms with Crippen LogP contribution in [0.1, 0.15) is 17.4 Å². The average Bonchev–Trinajstić information content (AvgIpc) is 2.99. The number of anilines is 1. The lowest BCUT2D eigenvalue weighted by atomic mass is 10.2. The molecule has 3 aromatic rings. The molecule has 0 bridgehead atoms. The number of fused-ring (bicyclic) bond motifs is 2. The summed E-state index contributed by atoms with van der Waals surface area (Å²) in [6.45, 7) is 7.17. The predicted molar refractivity (Wildman–Crippen MR) is 119 cm³/mol. The summed E-state index contributed by atoms with van der Waals surface area (Å²) in [7, 11) is 0. The number of hydrogen-bond donors (Lipinski definition) is 0. The van der Waals surface area contributed by atoms with Gasteiger partial charge in [0.15, 0.2) is 5.16 Å². The normalized spacial score (nSPS) is 13.8. The number of amides is 1. The van der Waals surface area contributed by atoms with Gasteiger partial charge in [0.05, 0.1) is 16.8 Å². The quantitative estimate of drug-likeness (QED) is 0.455. The molecule has 0 saturated carbocycles. The highest BCUT2D eigenvalue weighted by atomic mass is 32.2. The van der Waals surface area contributed by atoms with E-state index in [-0.39, 0.29) is 17.2 Å². The zero-order valence-corrected chi connectivity index (χ0v) is 18.5. The molecular weight excluding hydrogens is 410 g/mol. The van der Waals surface area contributed by atoms with Crippen molar-refractivity contribution in [2.75, 3.05) is 23.0 Å². The fraction of sp³-hybridized carbons (Fsp3) is 0.350. The third-order valence-electron chi connectivity index (χ3n) is 4.92. The first kappa shape index (κ1) is 19.5. The zero-order chi connectivity index (χ0) is 19.8. The summed E-state index contributed by atoms with van der Waals surface area (Å²) < 4.78 is 1.68. The van der Waals surface area contributed by atoms with Gasteiger partial charge in [-0.05, 0) is 38.5 Å². The molecule has 4 rings (SSSR count). The van der Waals surface area contributed by atoms with E-state index in [4.69, 9.17) is 4.98 Å². The fourth-order valence-corrected chi connectivity index (χ4v) is 6.33. The number of thioether (sulfide) groups is 2. The molecule has 0 N–H and O–H groups in total. The molecule has 1 aliphatic rings. The van der Waals surface area contributed by atoms with Crippen LogP contribution in [0.4, 0.5) is 5.69 Å². The Morgan fingerprint density at radius 2 is 2.07 bits per heavy atom. The summed E-state index contributed by atoms with van der Waals surface area (Å²) in [5.41, 5.74) is 1.98. The van der Waals surface area contributed by atoms with Crippen molar-refractivity contribution >= 4 is 56.7 Å². The van der Waals surface area contributed by atoms with Crippen molar-refractivity contribution in [3.05, 3.63) is 45.1 Å². The third-order valence-corrected chi connectivity index (χ3v) is 8.03. The van der Waals surface area contributed by atoms with Crippen LogP contribution in [0.3, 0.4) is 0 Å². The van der Waals surface area contributed by atoms with Gasteiger partial charge in [0.1, 0.15) is 4.83 Å². The molecule has 1 aromatic carbocycles. The number of nitrogens with zero attached hydrogens (tertiary/aromatic N) is 3. The van der Waals surface area contributed by atoms with E-state index >= 15 is 0 Å². The maximum atomic E-state index is 12.9. The summed E-state index contributed by atoms with van der Waals surface area (Å²) in [5.74, 6) is 1.21. The molecule has 0 spiro atoms. The van der Waals surface area contributed by atoms with Crippen molar-refractivity contribution in [2.24, 2.45) is 0 Å². The van der Waals surface area contributed by atoms with E-state index in [1.165, 1.54) is 11.8 Å². The van der Waals surface area contributed by atoms with Crippen molar-refractivity contribution < 1.29 is 4.79 Å². The lowest BCUT2D eigenvalue weighted by molar-refractivity contribution is -0.116. The Balaban J connectivity index is 1.61. The summed E-state index contributed by atoms with van der Waals surface area (Å²) >= 11 is 4.68. The Hall–Kier alpha value is -1.77. The maximum Gasteiger partial charge on any atom is 0.263 e. The second-order valence-corrected chi connectivity index (χ2v) is 9.84. The minimum atomic E-state index is -0.0102. The Kier molecular flexibility index (Phi) is 5.53. The van der Waals surface area contributed by atoms with Crippen LogP contribution in [0.25, 0.3) is 10.2 Å². The smallest absolute Gasteiger partial charge is 0.263 e. The lowest BCUT2D eigenvalue weighted by Gasteiger charge is -2.28. The molecule has 8 heteroatoms. The first-order valence-corrected chi connectivity index (χ1v) is 12.0. The van der Waals surface area contributed by atoms with Crippen LogP contribution in [0, 0.1) is 13.8 Å². The number of aryl methyl sites for hydroxylation is 2. The molecule has 0 atom stereocenters. The minimum absolute atomic E-state index is 0.0102. The maximum absolute atomic E-state index is 12.9. The van der Waals surface area contributed by atoms with Crippen LogP contribution >= 0.6 is 34.9 Å². The number of rotatable bonds is 4. The van der Waals surface area contributed by atoms with Gasteiger partial charge in [0, 0.05) is 28.6 Å². The van der Waals surface area contributed by atoms with E-state index in [1.54, 1.807) is 27.7 Å². The second-order valence-electron chi connectivity index (χ2n) is 6.56. The number of carbonyl (C=O) groups excluding carboxylic acids is 1. The molecule has 0 aliphatic carbocycles. The Bertz CT molecular complexity index is 1120. The Morgan fingerprint density at radius 1 is 1.29 bits per heavy atom. The molecule has 3 heterocycles. The number of thiophene rings is 1. The average molecular weight is 432 g/mol. The van der Waals surface area contributed by atoms with Crippen LogP contribution < -0.4 is 10.5 Å². The Morgan fingerprint density at radius 3 is 2.86 bits per heavy atom. The molecule has 2 aromatic heterocycles. The van der Waals surface area contributed by atoms with E-state index in [1.807, 2.05) is 43.9 Å². The molecule has 0 radical (unpaired) electrons. The van der Waals surface area contributed by atoms with Crippen LogP contribution in [-0.4, -0.2) is 33.5 Å². The minimum Gasteiger partial charge on any atom is -0.310 e. The molecular formula is C20H21N3O2S3.